The molecule has 5 rings (SSSR count). The first-order valence-corrected chi connectivity index (χ1v) is 18.2. The number of rotatable bonds is 3. The molecule has 3 aromatic heterocycles. The summed E-state index contributed by atoms with van der Waals surface area (Å²) in [5.41, 5.74) is 7.70. The molecule has 0 amide bonds. The summed E-state index contributed by atoms with van der Waals surface area (Å²) in [5, 5.41) is 3.64. The third-order valence-electron chi connectivity index (χ3n) is 6.27. The summed E-state index contributed by atoms with van der Waals surface area (Å²) in [6.45, 7) is 16.0. The number of nitrogens with zero attached hydrogens (tertiary/aromatic N) is 2. The van der Waals surface area contributed by atoms with Crippen LogP contribution in [0.5, 0.6) is 0 Å². The molecule has 0 unspecified atom stereocenters. The molecule has 0 N–H and O–H groups in total. The van der Waals surface area contributed by atoms with Gasteiger partial charge in [-0.1, -0.05) is 57.5 Å². The fraction of sp³-hybridized carbons (Fsp3) is 0.308. The average molecular weight is 460 g/mol. The topological polar surface area (TPSA) is 43.1 Å². The zero-order valence-electron chi connectivity index (χ0n) is 20.3. The normalized spacial score (nSPS) is 13.0. The number of aromatic nitrogens is 2. The summed E-state index contributed by atoms with van der Waals surface area (Å²) in [7, 11) is -0.916. The van der Waals surface area contributed by atoms with Crippen molar-refractivity contribution in [3.8, 4) is 11.3 Å². The summed E-state index contributed by atoms with van der Waals surface area (Å²) in [4.78, 5) is 4.78. The molecular weight excluding hydrogens is 428 g/mol. The SMILES string of the molecule is Cc1ccc2c(oc3c2ccc2nc([Si](C)(C)C)oc23)c1-c1ccc([Si](C)(C)C)c[n+]1C. The quantitative estimate of drug-likeness (QED) is 0.260. The largest absolute Gasteiger partial charge is 0.451 e. The predicted octanol–water partition coefficient (Wildman–Crippen LogP) is 5.62. The Labute approximate surface area is 190 Å². The summed E-state index contributed by atoms with van der Waals surface area (Å²) in [6, 6.07) is 13.1. The van der Waals surface area contributed by atoms with E-state index in [2.05, 4.69) is 100 Å². The zero-order chi connectivity index (χ0) is 23.0. The lowest BCUT2D eigenvalue weighted by atomic mass is 10.0. The average Bonchev–Trinajstić information content (AvgIpc) is 3.28. The first-order valence-electron chi connectivity index (χ1n) is 11.2. The van der Waals surface area contributed by atoms with Crippen LogP contribution >= 0.6 is 0 Å². The Hall–Kier alpha value is -2.71. The van der Waals surface area contributed by atoms with Gasteiger partial charge in [0, 0.05) is 22.0 Å². The van der Waals surface area contributed by atoms with Crippen LogP contribution in [-0.2, 0) is 7.05 Å². The minimum atomic E-state index is -1.66. The molecule has 5 aromatic rings. The lowest BCUT2D eigenvalue weighted by Crippen LogP contribution is -2.45. The van der Waals surface area contributed by atoms with Gasteiger partial charge in [-0.05, 0) is 24.6 Å². The van der Waals surface area contributed by atoms with Crippen molar-refractivity contribution in [3.63, 3.8) is 0 Å². The van der Waals surface area contributed by atoms with Crippen LogP contribution in [0.1, 0.15) is 5.56 Å². The number of hydrogen-bond donors (Lipinski definition) is 0. The number of benzene rings is 2. The molecule has 0 aliphatic rings. The second kappa shape index (κ2) is 6.89. The highest BCUT2D eigenvalue weighted by Crippen LogP contribution is 2.39. The maximum Gasteiger partial charge on any atom is 0.216 e. The highest BCUT2D eigenvalue weighted by atomic mass is 28.3. The summed E-state index contributed by atoms with van der Waals surface area (Å²) < 4.78 is 15.1. The van der Waals surface area contributed by atoms with Crippen molar-refractivity contribution in [2.75, 3.05) is 0 Å². The number of pyridine rings is 1. The van der Waals surface area contributed by atoms with Crippen LogP contribution in [0, 0.1) is 6.92 Å². The van der Waals surface area contributed by atoms with Gasteiger partial charge in [0.05, 0.1) is 13.6 Å². The number of aryl methyl sites for hydroxylation is 2. The molecule has 0 spiro atoms. The maximum atomic E-state index is 6.59. The molecule has 2 aromatic carbocycles. The van der Waals surface area contributed by atoms with Gasteiger partial charge in [-0.2, -0.15) is 0 Å². The minimum absolute atomic E-state index is 0.762. The molecule has 0 aliphatic carbocycles. The van der Waals surface area contributed by atoms with Crippen molar-refractivity contribution >= 4 is 59.9 Å². The monoisotopic (exact) mass is 459 g/mol. The number of oxazole rings is 1. The molecule has 164 valence electrons. The lowest BCUT2D eigenvalue weighted by molar-refractivity contribution is -0.659. The second-order valence-electron chi connectivity index (χ2n) is 11.0. The van der Waals surface area contributed by atoms with Crippen LogP contribution in [0.4, 0.5) is 0 Å². The van der Waals surface area contributed by atoms with E-state index in [1.807, 2.05) is 0 Å². The van der Waals surface area contributed by atoms with Crippen molar-refractivity contribution in [3.05, 3.63) is 48.2 Å². The van der Waals surface area contributed by atoms with Crippen molar-refractivity contribution in [2.24, 2.45) is 7.05 Å². The van der Waals surface area contributed by atoms with E-state index < -0.39 is 16.1 Å². The third-order valence-corrected chi connectivity index (χ3v) is 9.79. The van der Waals surface area contributed by atoms with Crippen LogP contribution in [0.3, 0.4) is 0 Å². The van der Waals surface area contributed by atoms with Gasteiger partial charge in [0.1, 0.15) is 26.2 Å². The maximum absolute atomic E-state index is 6.59. The third kappa shape index (κ3) is 3.24. The fourth-order valence-corrected chi connectivity index (χ4v) is 6.36. The molecule has 6 heteroatoms. The smallest absolute Gasteiger partial charge is 0.216 e. The van der Waals surface area contributed by atoms with E-state index in [1.54, 1.807) is 0 Å². The van der Waals surface area contributed by atoms with Crippen molar-refractivity contribution in [1.29, 1.82) is 0 Å². The van der Waals surface area contributed by atoms with E-state index in [4.69, 9.17) is 13.8 Å². The molecule has 32 heavy (non-hydrogen) atoms. The Bertz CT molecular complexity index is 1510. The van der Waals surface area contributed by atoms with E-state index in [0.717, 1.165) is 49.8 Å². The predicted molar refractivity (Wildman–Crippen MR) is 139 cm³/mol. The Balaban J connectivity index is 1.81. The molecule has 0 atom stereocenters. The van der Waals surface area contributed by atoms with Gasteiger partial charge in [-0.3, -0.25) is 0 Å². The van der Waals surface area contributed by atoms with Crippen molar-refractivity contribution in [2.45, 2.75) is 46.2 Å². The summed E-state index contributed by atoms with van der Waals surface area (Å²) in [6.07, 6.45) is 2.29. The first-order chi connectivity index (χ1) is 14.9. The van der Waals surface area contributed by atoms with E-state index >= 15 is 0 Å². The van der Waals surface area contributed by atoms with Gasteiger partial charge in [-0.15, -0.1) is 0 Å². The van der Waals surface area contributed by atoms with Crippen LogP contribution in [0.15, 0.2) is 51.4 Å². The Morgan fingerprint density at radius 3 is 2.09 bits per heavy atom. The van der Waals surface area contributed by atoms with E-state index in [-0.39, 0.29) is 0 Å². The van der Waals surface area contributed by atoms with Gasteiger partial charge in [0.25, 0.3) is 0 Å². The molecule has 4 nitrogen and oxygen atoms in total. The van der Waals surface area contributed by atoms with Gasteiger partial charge >= 0.3 is 0 Å². The van der Waals surface area contributed by atoms with Crippen molar-refractivity contribution < 1.29 is 13.4 Å². The van der Waals surface area contributed by atoms with Gasteiger partial charge < -0.3 is 8.83 Å². The molecule has 0 radical (unpaired) electrons. The van der Waals surface area contributed by atoms with Crippen molar-refractivity contribution in [1.82, 2.24) is 4.98 Å². The number of furan rings is 1. The second-order valence-corrected chi connectivity index (χ2v) is 21.0. The van der Waals surface area contributed by atoms with Crippen LogP contribution in [0.25, 0.3) is 44.3 Å². The molecule has 3 heterocycles. The standard InChI is InChI=1S/C26H31N2O2Si2/c1-16-9-11-18-19-12-13-20-25(30-26(27-20)32(6,7)8)24(19)29-23(18)22(16)21-14-10-17(15-28(21)2)31(3,4)5/h9-15H,1-8H3/q+1. The minimum Gasteiger partial charge on any atom is -0.451 e. The van der Waals surface area contributed by atoms with E-state index in [9.17, 15) is 0 Å². The number of hydrogen-bond acceptors (Lipinski definition) is 3. The molecule has 0 bridgehead atoms. The molecule has 0 saturated heterocycles. The van der Waals surface area contributed by atoms with Gasteiger partial charge in [0.15, 0.2) is 22.9 Å². The Kier molecular flexibility index (Phi) is 4.56. The summed E-state index contributed by atoms with van der Waals surface area (Å²) in [5.74, 6) is 0. The highest BCUT2D eigenvalue weighted by Gasteiger charge is 2.27. The van der Waals surface area contributed by atoms with Crippen LogP contribution < -0.4 is 15.3 Å². The molecule has 0 saturated carbocycles. The van der Waals surface area contributed by atoms with Gasteiger partial charge in [0.2, 0.25) is 5.69 Å². The lowest BCUT2D eigenvalue weighted by Gasteiger charge is -2.15. The van der Waals surface area contributed by atoms with Crippen LogP contribution in [0.2, 0.25) is 39.3 Å². The highest BCUT2D eigenvalue weighted by molar-refractivity contribution is 6.88. The van der Waals surface area contributed by atoms with Crippen LogP contribution in [-0.4, -0.2) is 21.1 Å². The van der Waals surface area contributed by atoms with E-state index in [0.29, 0.717) is 0 Å². The van der Waals surface area contributed by atoms with Gasteiger partial charge in [-0.25, -0.2) is 9.55 Å². The molecule has 0 fully saturated rings. The fourth-order valence-electron chi connectivity index (χ4n) is 4.33. The Morgan fingerprint density at radius 2 is 1.44 bits per heavy atom. The Morgan fingerprint density at radius 1 is 0.750 bits per heavy atom. The summed E-state index contributed by atoms with van der Waals surface area (Å²) >= 11 is 0. The molecular formula is C26H31N2O2Si2+. The zero-order valence-corrected chi connectivity index (χ0v) is 22.3. The first kappa shape index (κ1) is 21.2. The number of fused-ring (bicyclic) bond motifs is 5. The van der Waals surface area contributed by atoms with E-state index in [1.165, 1.54) is 10.8 Å². The molecule has 0 aliphatic heterocycles.